The summed E-state index contributed by atoms with van der Waals surface area (Å²) in [5, 5.41) is 0.609. The fourth-order valence-electron chi connectivity index (χ4n) is 2.88. The Balaban J connectivity index is 1.79. The topological polar surface area (TPSA) is 52.9 Å². The lowest BCUT2D eigenvalue weighted by atomic mass is 10.2. The predicted molar refractivity (Wildman–Crippen MR) is 126 cm³/mol. The molecule has 33 heavy (non-hydrogen) atoms. The molecule has 0 N–H and O–H groups in total. The van der Waals surface area contributed by atoms with Gasteiger partial charge >= 0.3 is 6.18 Å². The molecule has 0 amide bonds. The largest absolute Gasteiger partial charge is 0.489 e. The van der Waals surface area contributed by atoms with Gasteiger partial charge < -0.3 is 14.2 Å². The summed E-state index contributed by atoms with van der Waals surface area (Å²) in [4.78, 5) is 8.87. The van der Waals surface area contributed by atoms with Crippen molar-refractivity contribution in [3.8, 4) is 16.3 Å². The highest BCUT2D eigenvalue weighted by Gasteiger charge is 2.30. The van der Waals surface area contributed by atoms with Crippen molar-refractivity contribution in [2.75, 3.05) is 33.0 Å². The Morgan fingerprint density at radius 1 is 1.03 bits per heavy atom. The molecular formula is C24H25F3N2O3S. The van der Waals surface area contributed by atoms with Crippen LogP contribution in [0.3, 0.4) is 0 Å². The summed E-state index contributed by atoms with van der Waals surface area (Å²) < 4.78 is 56.3. The lowest BCUT2D eigenvalue weighted by Gasteiger charge is -2.10. The molecule has 0 spiro atoms. The summed E-state index contributed by atoms with van der Waals surface area (Å²) in [7, 11) is 0. The van der Waals surface area contributed by atoms with E-state index in [4.69, 9.17) is 14.2 Å². The highest BCUT2D eigenvalue weighted by atomic mass is 32.1. The van der Waals surface area contributed by atoms with Crippen LogP contribution in [0, 0.1) is 0 Å². The van der Waals surface area contributed by atoms with Crippen LogP contribution in [0.4, 0.5) is 18.9 Å². The molecule has 0 unspecified atom stereocenters. The predicted octanol–water partition coefficient (Wildman–Crippen LogP) is 6.69. The van der Waals surface area contributed by atoms with Gasteiger partial charge in [-0.2, -0.15) is 13.2 Å². The number of ether oxygens (including phenoxy) is 3. The van der Waals surface area contributed by atoms with Crippen molar-refractivity contribution < 1.29 is 27.4 Å². The van der Waals surface area contributed by atoms with E-state index in [1.807, 2.05) is 32.1 Å². The van der Waals surface area contributed by atoms with E-state index in [-0.39, 0.29) is 0 Å². The molecule has 0 radical (unpaired) electrons. The standard InChI is InChI=1S/C24H25F3N2O3S/c1-3-5-10-28-19-15-17(6-8-21(19)32-14-13-31-12-11-30-4-2)23-29-20-16-18(24(25,26)27)7-9-22(20)33-23/h3,5-10,15-16H,4,11-14H2,1-2H3/b5-3+,28-10?. The molecule has 0 aliphatic rings. The Morgan fingerprint density at radius 3 is 2.58 bits per heavy atom. The van der Waals surface area contributed by atoms with Gasteiger partial charge in [0.1, 0.15) is 23.1 Å². The Hall–Kier alpha value is -2.75. The van der Waals surface area contributed by atoms with Crippen LogP contribution in [0.25, 0.3) is 20.8 Å². The number of alkyl halides is 3. The van der Waals surface area contributed by atoms with Gasteiger partial charge in [-0.1, -0.05) is 6.08 Å². The fourth-order valence-corrected chi connectivity index (χ4v) is 3.83. The second-order valence-corrected chi connectivity index (χ2v) is 7.87. The number of aliphatic imine (C=N–C) groups is 1. The van der Waals surface area contributed by atoms with Crippen LogP contribution < -0.4 is 4.74 Å². The van der Waals surface area contributed by atoms with E-state index >= 15 is 0 Å². The molecule has 0 aliphatic carbocycles. The van der Waals surface area contributed by atoms with Gasteiger partial charge in [0, 0.05) is 18.4 Å². The molecule has 5 nitrogen and oxygen atoms in total. The van der Waals surface area contributed by atoms with Crippen LogP contribution in [0.15, 0.2) is 53.5 Å². The number of rotatable bonds is 11. The summed E-state index contributed by atoms with van der Waals surface area (Å²) in [5.41, 5.74) is 0.942. The number of allylic oxidation sites excluding steroid dienone is 2. The Morgan fingerprint density at radius 2 is 1.82 bits per heavy atom. The highest BCUT2D eigenvalue weighted by molar-refractivity contribution is 7.21. The van der Waals surface area contributed by atoms with E-state index in [0.29, 0.717) is 59.7 Å². The van der Waals surface area contributed by atoms with E-state index in [0.717, 1.165) is 17.7 Å². The van der Waals surface area contributed by atoms with Gasteiger partial charge in [0.05, 0.1) is 35.6 Å². The Bertz CT molecular complexity index is 1110. The van der Waals surface area contributed by atoms with Crippen molar-refractivity contribution in [2.24, 2.45) is 4.99 Å². The monoisotopic (exact) mass is 478 g/mol. The van der Waals surface area contributed by atoms with Crippen molar-refractivity contribution >= 4 is 33.5 Å². The summed E-state index contributed by atoms with van der Waals surface area (Å²) in [6.07, 6.45) is 0.895. The van der Waals surface area contributed by atoms with Crippen molar-refractivity contribution in [2.45, 2.75) is 20.0 Å². The maximum Gasteiger partial charge on any atom is 0.416 e. The lowest BCUT2D eigenvalue weighted by Crippen LogP contribution is -2.10. The summed E-state index contributed by atoms with van der Waals surface area (Å²) in [6, 6.07) is 9.02. The van der Waals surface area contributed by atoms with Crippen molar-refractivity contribution in [3.63, 3.8) is 0 Å². The van der Waals surface area contributed by atoms with Crippen molar-refractivity contribution in [1.29, 1.82) is 0 Å². The van der Waals surface area contributed by atoms with Gasteiger partial charge in [0.15, 0.2) is 0 Å². The molecule has 0 aliphatic heterocycles. The SMILES string of the molecule is C/C=C/C=Nc1cc(-c2nc3cc(C(F)(F)F)ccc3s2)ccc1OCCOCCOCC. The normalized spacial score (nSPS) is 12.4. The van der Waals surface area contributed by atoms with Gasteiger partial charge in [-0.15, -0.1) is 11.3 Å². The van der Waals surface area contributed by atoms with Crippen LogP contribution >= 0.6 is 11.3 Å². The third-order valence-electron chi connectivity index (χ3n) is 4.47. The molecule has 3 aromatic rings. The van der Waals surface area contributed by atoms with E-state index in [9.17, 15) is 13.2 Å². The number of benzene rings is 2. The van der Waals surface area contributed by atoms with Crippen LogP contribution in [0.5, 0.6) is 5.75 Å². The molecule has 0 saturated carbocycles. The first-order valence-corrected chi connectivity index (χ1v) is 11.3. The molecule has 2 aromatic carbocycles. The first kappa shape index (κ1) is 24.9. The van der Waals surface area contributed by atoms with Gasteiger partial charge in [-0.05, 0) is 56.3 Å². The van der Waals surface area contributed by atoms with E-state index in [1.54, 1.807) is 18.4 Å². The number of nitrogens with zero attached hydrogens (tertiary/aromatic N) is 2. The smallest absolute Gasteiger partial charge is 0.416 e. The molecule has 0 saturated heterocycles. The number of fused-ring (bicyclic) bond motifs is 1. The molecule has 9 heteroatoms. The number of hydrogen-bond acceptors (Lipinski definition) is 6. The molecule has 1 heterocycles. The third kappa shape index (κ3) is 7.12. The van der Waals surface area contributed by atoms with Gasteiger partial charge in [-0.25, -0.2) is 4.98 Å². The quantitative estimate of drug-likeness (QED) is 0.228. The lowest BCUT2D eigenvalue weighted by molar-refractivity contribution is -0.137. The maximum absolute atomic E-state index is 13.0. The molecule has 3 rings (SSSR count). The minimum atomic E-state index is -4.40. The van der Waals surface area contributed by atoms with E-state index in [2.05, 4.69) is 9.98 Å². The van der Waals surface area contributed by atoms with E-state index < -0.39 is 11.7 Å². The molecule has 0 bridgehead atoms. The van der Waals surface area contributed by atoms with Gasteiger partial charge in [-0.3, -0.25) is 4.99 Å². The molecule has 1 aromatic heterocycles. The van der Waals surface area contributed by atoms with Gasteiger partial charge in [0.2, 0.25) is 0 Å². The van der Waals surface area contributed by atoms with Crippen LogP contribution in [-0.4, -0.2) is 44.2 Å². The fraction of sp³-hybridized carbons (Fsp3) is 0.333. The Labute approximate surface area is 194 Å². The zero-order valence-electron chi connectivity index (χ0n) is 18.4. The number of halogens is 3. The number of hydrogen-bond donors (Lipinski definition) is 0. The minimum Gasteiger partial charge on any atom is -0.489 e. The first-order chi connectivity index (χ1) is 15.9. The second-order valence-electron chi connectivity index (χ2n) is 6.84. The van der Waals surface area contributed by atoms with Crippen LogP contribution in [0.2, 0.25) is 0 Å². The molecule has 0 atom stereocenters. The van der Waals surface area contributed by atoms with Crippen LogP contribution in [-0.2, 0) is 15.7 Å². The average Bonchev–Trinajstić information content (AvgIpc) is 3.22. The summed E-state index contributed by atoms with van der Waals surface area (Å²) in [6.45, 7) is 6.25. The minimum absolute atomic E-state index is 0.313. The third-order valence-corrected chi connectivity index (χ3v) is 5.56. The molecule has 176 valence electrons. The zero-order valence-corrected chi connectivity index (χ0v) is 19.2. The highest BCUT2D eigenvalue weighted by Crippen LogP contribution is 2.38. The average molecular weight is 479 g/mol. The second kappa shape index (κ2) is 11.9. The van der Waals surface area contributed by atoms with Crippen molar-refractivity contribution in [3.05, 3.63) is 54.1 Å². The van der Waals surface area contributed by atoms with E-state index in [1.165, 1.54) is 17.4 Å². The molecule has 0 fully saturated rings. The Kier molecular flexibility index (Phi) is 8.99. The summed E-state index contributed by atoms with van der Waals surface area (Å²) in [5.74, 6) is 0.577. The molecular weight excluding hydrogens is 453 g/mol. The van der Waals surface area contributed by atoms with Crippen molar-refractivity contribution in [1.82, 2.24) is 4.98 Å². The zero-order chi connectivity index (χ0) is 23.7. The van der Waals surface area contributed by atoms with Gasteiger partial charge in [0.25, 0.3) is 0 Å². The first-order valence-electron chi connectivity index (χ1n) is 10.5. The summed E-state index contributed by atoms with van der Waals surface area (Å²) >= 11 is 1.33. The maximum atomic E-state index is 13.0. The van der Waals surface area contributed by atoms with Crippen LogP contribution in [0.1, 0.15) is 19.4 Å². The number of thiazole rings is 1. The number of aromatic nitrogens is 1.